The van der Waals surface area contributed by atoms with Crippen LogP contribution in [0.5, 0.6) is 5.75 Å². The smallest absolute Gasteiger partial charge is 0.119 e. The van der Waals surface area contributed by atoms with Gasteiger partial charge in [-0.05, 0) is 49.4 Å². The number of methoxy groups -OCH3 is 1. The van der Waals surface area contributed by atoms with E-state index in [0.29, 0.717) is 6.10 Å². The fraction of sp³-hybridized carbons (Fsp3) is 0.538. The molecular weight excluding hydrogens is 188 g/mol. The topological polar surface area (TPSA) is 18.5 Å². The van der Waals surface area contributed by atoms with E-state index >= 15 is 0 Å². The molecule has 0 unspecified atom stereocenters. The van der Waals surface area contributed by atoms with Crippen LogP contribution in [-0.2, 0) is 16.8 Å². The summed E-state index contributed by atoms with van der Waals surface area (Å²) >= 11 is 0. The predicted molar refractivity (Wildman–Crippen MR) is 58.2 cm³/mol. The van der Waals surface area contributed by atoms with E-state index in [-0.39, 0.29) is 5.60 Å². The van der Waals surface area contributed by atoms with Gasteiger partial charge in [-0.3, -0.25) is 0 Å². The Kier molecular flexibility index (Phi) is 1.84. The van der Waals surface area contributed by atoms with Crippen molar-refractivity contribution >= 4 is 0 Å². The third-order valence-electron chi connectivity index (χ3n) is 3.70. The number of fused-ring (bicyclic) bond motifs is 4. The second kappa shape index (κ2) is 2.99. The Morgan fingerprint density at radius 2 is 2.33 bits per heavy atom. The van der Waals surface area contributed by atoms with E-state index in [2.05, 4.69) is 19.1 Å². The Morgan fingerprint density at radius 1 is 1.47 bits per heavy atom. The van der Waals surface area contributed by atoms with Crippen molar-refractivity contribution in [3.05, 3.63) is 29.3 Å². The van der Waals surface area contributed by atoms with Crippen molar-refractivity contribution < 1.29 is 9.47 Å². The van der Waals surface area contributed by atoms with E-state index in [1.54, 1.807) is 7.11 Å². The fourth-order valence-corrected chi connectivity index (χ4v) is 2.89. The number of ether oxygens (including phenoxy) is 2. The van der Waals surface area contributed by atoms with Gasteiger partial charge in [0, 0.05) is 0 Å². The molecule has 2 heteroatoms. The first-order valence-corrected chi connectivity index (χ1v) is 5.56. The van der Waals surface area contributed by atoms with Crippen molar-refractivity contribution in [2.24, 2.45) is 0 Å². The molecule has 1 aromatic rings. The van der Waals surface area contributed by atoms with Crippen molar-refractivity contribution in [1.82, 2.24) is 0 Å². The largest absolute Gasteiger partial charge is 0.497 e. The van der Waals surface area contributed by atoms with Crippen molar-refractivity contribution in [1.29, 1.82) is 0 Å². The molecule has 2 atom stereocenters. The fourth-order valence-electron chi connectivity index (χ4n) is 2.89. The summed E-state index contributed by atoms with van der Waals surface area (Å²) in [6.07, 6.45) is 3.81. The lowest BCUT2D eigenvalue weighted by Gasteiger charge is -2.32. The van der Waals surface area contributed by atoms with Crippen molar-refractivity contribution in [3.63, 3.8) is 0 Å². The van der Waals surface area contributed by atoms with E-state index in [4.69, 9.17) is 9.47 Å². The van der Waals surface area contributed by atoms with Gasteiger partial charge in [0.05, 0.1) is 18.8 Å². The molecule has 0 spiro atoms. The number of benzene rings is 1. The first kappa shape index (κ1) is 9.22. The Hall–Kier alpha value is -1.02. The minimum absolute atomic E-state index is 0.0372. The van der Waals surface area contributed by atoms with Gasteiger partial charge in [0.1, 0.15) is 5.75 Å². The molecule has 2 nitrogen and oxygen atoms in total. The highest BCUT2D eigenvalue weighted by Gasteiger charge is 2.42. The van der Waals surface area contributed by atoms with Crippen molar-refractivity contribution in [2.45, 2.75) is 37.9 Å². The molecule has 0 radical (unpaired) electrons. The summed E-state index contributed by atoms with van der Waals surface area (Å²) < 4.78 is 11.3. The van der Waals surface area contributed by atoms with E-state index in [1.165, 1.54) is 17.5 Å². The molecule has 2 heterocycles. The van der Waals surface area contributed by atoms with E-state index in [1.807, 2.05) is 6.07 Å². The highest BCUT2D eigenvalue weighted by atomic mass is 16.5. The summed E-state index contributed by atoms with van der Waals surface area (Å²) in [7, 11) is 1.72. The molecule has 3 rings (SSSR count). The van der Waals surface area contributed by atoms with Crippen LogP contribution >= 0.6 is 0 Å². The van der Waals surface area contributed by atoms with Crippen LogP contribution in [0, 0.1) is 0 Å². The summed E-state index contributed by atoms with van der Waals surface area (Å²) in [5.74, 6) is 0.957. The molecule has 1 saturated heterocycles. The number of hydrogen-bond donors (Lipinski definition) is 0. The average Bonchev–Trinajstić information content (AvgIpc) is 2.55. The second-order valence-electron chi connectivity index (χ2n) is 4.74. The SMILES string of the molecule is COc1ccc2c(c1)C[C@H]1CC[C@]2(C)O1. The van der Waals surface area contributed by atoms with Crippen LogP contribution in [0.3, 0.4) is 0 Å². The average molecular weight is 204 g/mol. The zero-order chi connectivity index (χ0) is 10.5. The molecule has 1 aromatic carbocycles. The standard InChI is InChI=1S/C13H16O2/c1-13-6-5-11(15-13)8-9-7-10(14-2)3-4-12(9)13/h3-4,7,11H,5-6,8H2,1-2H3/t11-,13+/m1/s1. The van der Waals surface area contributed by atoms with Crippen LogP contribution in [0.15, 0.2) is 18.2 Å². The summed E-state index contributed by atoms with van der Waals surface area (Å²) in [6.45, 7) is 2.21. The molecule has 2 bridgehead atoms. The molecule has 0 aliphatic carbocycles. The summed E-state index contributed by atoms with van der Waals surface area (Å²) in [4.78, 5) is 0. The molecule has 0 N–H and O–H groups in total. The van der Waals surface area contributed by atoms with Gasteiger partial charge in [-0.1, -0.05) is 6.07 Å². The van der Waals surface area contributed by atoms with Crippen LogP contribution in [-0.4, -0.2) is 13.2 Å². The van der Waals surface area contributed by atoms with Gasteiger partial charge in [-0.25, -0.2) is 0 Å². The van der Waals surface area contributed by atoms with Crippen LogP contribution < -0.4 is 4.74 Å². The number of hydrogen-bond acceptors (Lipinski definition) is 2. The zero-order valence-electron chi connectivity index (χ0n) is 9.25. The third-order valence-corrected chi connectivity index (χ3v) is 3.70. The maximum absolute atomic E-state index is 6.04. The maximum Gasteiger partial charge on any atom is 0.119 e. The zero-order valence-corrected chi connectivity index (χ0v) is 9.25. The highest BCUT2D eigenvalue weighted by molar-refractivity contribution is 5.41. The lowest BCUT2D eigenvalue weighted by atomic mass is 9.89. The third kappa shape index (κ3) is 1.28. The molecule has 15 heavy (non-hydrogen) atoms. The molecule has 1 fully saturated rings. The molecular formula is C13H16O2. The normalized spacial score (nSPS) is 32.5. The van der Waals surface area contributed by atoms with Crippen molar-refractivity contribution in [3.8, 4) is 5.75 Å². The minimum Gasteiger partial charge on any atom is -0.497 e. The quantitative estimate of drug-likeness (QED) is 0.700. The predicted octanol–water partition coefficient (Wildman–Crippen LogP) is 2.65. The number of rotatable bonds is 1. The van der Waals surface area contributed by atoms with Crippen molar-refractivity contribution in [2.75, 3.05) is 7.11 Å². The van der Waals surface area contributed by atoms with Crippen LogP contribution in [0.25, 0.3) is 0 Å². The van der Waals surface area contributed by atoms with Gasteiger partial charge >= 0.3 is 0 Å². The maximum atomic E-state index is 6.04. The van der Waals surface area contributed by atoms with Crippen LogP contribution in [0.2, 0.25) is 0 Å². The second-order valence-corrected chi connectivity index (χ2v) is 4.74. The Balaban J connectivity index is 2.11. The van der Waals surface area contributed by atoms with E-state index in [9.17, 15) is 0 Å². The summed E-state index contributed by atoms with van der Waals surface area (Å²) in [5, 5.41) is 0. The lowest BCUT2D eigenvalue weighted by Crippen LogP contribution is -2.29. The first-order valence-electron chi connectivity index (χ1n) is 5.56. The van der Waals surface area contributed by atoms with Gasteiger partial charge in [-0.2, -0.15) is 0 Å². The van der Waals surface area contributed by atoms with Crippen LogP contribution in [0.1, 0.15) is 30.9 Å². The molecule has 80 valence electrons. The van der Waals surface area contributed by atoms with Crippen LogP contribution in [0.4, 0.5) is 0 Å². The van der Waals surface area contributed by atoms with Gasteiger partial charge in [-0.15, -0.1) is 0 Å². The molecule has 0 amide bonds. The monoisotopic (exact) mass is 204 g/mol. The minimum atomic E-state index is -0.0372. The Morgan fingerprint density at radius 3 is 3.13 bits per heavy atom. The molecule has 2 aliphatic rings. The van der Waals surface area contributed by atoms with Gasteiger partial charge in [0.25, 0.3) is 0 Å². The molecule has 2 aliphatic heterocycles. The summed E-state index contributed by atoms with van der Waals surface area (Å²) in [6, 6.07) is 6.36. The van der Waals surface area contributed by atoms with Gasteiger partial charge < -0.3 is 9.47 Å². The summed E-state index contributed by atoms with van der Waals surface area (Å²) in [5.41, 5.74) is 2.73. The molecule has 0 saturated carbocycles. The van der Waals surface area contributed by atoms with Gasteiger partial charge in [0.2, 0.25) is 0 Å². The molecule has 0 aromatic heterocycles. The Labute approximate surface area is 90.2 Å². The lowest BCUT2D eigenvalue weighted by molar-refractivity contribution is -0.0438. The highest BCUT2D eigenvalue weighted by Crippen LogP contribution is 2.46. The first-order chi connectivity index (χ1) is 7.21. The van der Waals surface area contributed by atoms with E-state index < -0.39 is 0 Å². The Bertz CT molecular complexity index is 400. The van der Waals surface area contributed by atoms with Gasteiger partial charge in [0.15, 0.2) is 0 Å². The van der Waals surface area contributed by atoms with E-state index in [0.717, 1.165) is 18.6 Å².